The van der Waals surface area contributed by atoms with E-state index in [1.807, 2.05) is 6.92 Å². The van der Waals surface area contributed by atoms with Gasteiger partial charge in [-0.3, -0.25) is 0 Å². The number of fused-ring (bicyclic) bond motifs is 1. The first-order chi connectivity index (χ1) is 10.2. The second-order valence-electron chi connectivity index (χ2n) is 6.25. The summed E-state index contributed by atoms with van der Waals surface area (Å²) >= 11 is 0. The minimum Gasteiger partial charge on any atom is -0.463 e. The second kappa shape index (κ2) is 7.63. The van der Waals surface area contributed by atoms with Gasteiger partial charge in [-0.2, -0.15) is 0 Å². The second-order valence-corrected chi connectivity index (χ2v) is 6.25. The highest BCUT2D eigenvalue weighted by molar-refractivity contribution is 5.83. The van der Waals surface area contributed by atoms with E-state index >= 15 is 0 Å². The van der Waals surface area contributed by atoms with E-state index in [0.29, 0.717) is 24.4 Å². The van der Waals surface area contributed by atoms with Crippen molar-refractivity contribution in [2.45, 2.75) is 52.9 Å². The Kier molecular flexibility index (Phi) is 5.84. The molecule has 1 fully saturated rings. The Morgan fingerprint density at radius 2 is 2.19 bits per heavy atom. The van der Waals surface area contributed by atoms with Crippen LogP contribution in [0.3, 0.4) is 0 Å². The third-order valence-electron chi connectivity index (χ3n) is 4.69. The molecule has 3 atom stereocenters. The van der Waals surface area contributed by atoms with Gasteiger partial charge in [-0.05, 0) is 55.9 Å². The largest absolute Gasteiger partial charge is 0.463 e. The predicted molar refractivity (Wildman–Crippen MR) is 86.8 cm³/mol. The zero-order chi connectivity index (χ0) is 15.2. The summed E-state index contributed by atoms with van der Waals surface area (Å²) in [5.41, 5.74) is 2.67. The van der Waals surface area contributed by atoms with E-state index in [4.69, 9.17) is 4.74 Å². The van der Waals surface area contributed by atoms with Crippen molar-refractivity contribution in [3.05, 3.63) is 35.5 Å². The number of esters is 1. The van der Waals surface area contributed by atoms with Gasteiger partial charge in [0.05, 0.1) is 6.61 Å². The van der Waals surface area contributed by atoms with Gasteiger partial charge in [0.15, 0.2) is 0 Å². The first-order valence-electron chi connectivity index (χ1n) is 8.42. The Hall–Kier alpha value is -1.31. The highest BCUT2D eigenvalue weighted by Crippen LogP contribution is 2.38. The van der Waals surface area contributed by atoms with E-state index in [0.717, 1.165) is 12.8 Å². The van der Waals surface area contributed by atoms with Crippen molar-refractivity contribution in [2.24, 2.45) is 17.8 Å². The van der Waals surface area contributed by atoms with Gasteiger partial charge in [-0.15, -0.1) is 0 Å². The number of hydrogen-bond donors (Lipinski definition) is 0. The van der Waals surface area contributed by atoms with E-state index < -0.39 is 0 Å². The van der Waals surface area contributed by atoms with E-state index in [9.17, 15) is 4.79 Å². The molecule has 0 bridgehead atoms. The van der Waals surface area contributed by atoms with Gasteiger partial charge in [0.1, 0.15) is 0 Å². The average Bonchev–Trinajstić information content (AvgIpc) is 2.87. The molecule has 0 aromatic carbocycles. The molecular weight excluding hydrogens is 260 g/mol. The minimum absolute atomic E-state index is 0.197. The van der Waals surface area contributed by atoms with Gasteiger partial charge in [-0.25, -0.2) is 4.79 Å². The highest BCUT2D eigenvalue weighted by Gasteiger charge is 2.26. The molecule has 0 amide bonds. The third kappa shape index (κ3) is 4.09. The number of hydrogen-bond acceptors (Lipinski definition) is 2. The molecular formula is C19H28O2. The topological polar surface area (TPSA) is 26.3 Å². The molecule has 0 N–H and O–H groups in total. The third-order valence-corrected chi connectivity index (χ3v) is 4.69. The summed E-state index contributed by atoms with van der Waals surface area (Å²) in [5.74, 6) is 1.28. The quantitative estimate of drug-likeness (QED) is 0.421. The van der Waals surface area contributed by atoms with Crippen LogP contribution in [-0.2, 0) is 9.53 Å². The standard InChI is InChI=1S/C19H28O2/c1-4-7-18-14(3)10-11-15-8-6-9-16(15)12-17(18)13-19(20)21-5-2/h10-15,18H,4-9H2,1-3H3/b11-10-,16-12-,17-13-. The first-order valence-corrected chi connectivity index (χ1v) is 8.42. The van der Waals surface area contributed by atoms with Crippen molar-refractivity contribution in [3.8, 4) is 0 Å². The van der Waals surface area contributed by atoms with Gasteiger partial charge >= 0.3 is 5.97 Å². The van der Waals surface area contributed by atoms with Gasteiger partial charge in [-0.1, -0.05) is 44.1 Å². The van der Waals surface area contributed by atoms with Crippen LogP contribution in [0.25, 0.3) is 0 Å². The van der Waals surface area contributed by atoms with Crippen LogP contribution in [0.15, 0.2) is 35.5 Å². The van der Waals surface area contributed by atoms with Crippen molar-refractivity contribution in [1.82, 2.24) is 0 Å². The summed E-state index contributed by atoms with van der Waals surface area (Å²) in [4.78, 5) is 11.9. The lowest BCUT2D eigenvalue weighted by atomic mass is 9.79. The summed E-state index contributed by atoms with van der Waals surface area (Å²) in [6.07, 6.45) is 14.7. The van der Waals surface area contributed by atoms with Crippen molar-refractivity contribution < 1.29 is 9.53 Å². The molecule has 2 aliphatic carbocycles. The van der Waals surface area contributed by atoms with Crippen LogP contribution in [0.4, 0.5) is 0 Å². The fraction of sp³-hybridized carbons (Fsp3) is 0.632. The first kappa shape index (κ1) is 16.1. The maximum Gasteiger partial charge on any atom is 0.331 e. The summed E-state index contributed by atoms with van der Waals surface area (Å²) in [6.45, 7) is 6.77. The molecule has 0 aromatic rings. The average molecular weight is 288 g/mol. The molecule has 2 aliphatic rings. The molecule has 2 nitrogen and oxygen atoms in total. The Bertz CT molecular complexity index is 456. The van der Waals surface area contributed by atoms with Crippen molar-refractivity contribution in [3.63, 3.8) is 0 Å². The smallest absolute Gasteiger partial charge is 0.331 e. The van der Waals surface area contributed by atoms with Crippen molar-refractivity contribution in [2.75, 3.05) is 6.61 Å². The molecule has 21 heavy (non-hydrogen) atoms. The van der Waals surface area contributed by atoms with Crippen LogP contribution < -0.4 is 0 Å². The summed E-state index contributed by atoms with van der Waals surface area (Å²) < 4.78 is 5.13. The zero-order valence-corrected chi connectivity index (χ0v) is 13.6. The van der Waals surface area contributed by atoms with Crippen LogP contribution in [0, 0.1) is 17.8 Å². The fourth-order valence-electron chi connectivity index (χ4n) is 3.57. The lowest BCUT2D eigenvalue weighted by Crippen LogP contribution is -2.16. The Labute approximate surface area is 129 Å². The van der Waals surface area contributed by atoms with Gasteiger partial charge in [0.25, 0.3) is 0 Å². The molecule has 2 heteroatoms. The number of allylic oxidation sites excluding steroid dienone is 5. The van der Waals surface area contributed by atoms with Gasteiger partial charge in [0, 0.05) is 6.08 Å². The lowest BCUT2D eigenvalue weighted by molar-refractivity contribution is -0.137. The summed E-state index contributed by atoms with van der Waals surface area (Å²) in [6, 6.07) is 0. The normalized spacial score (nSPS) is 34.5. The monoisotopic (exact) mass is 288 g/mol. The molecule has 2 rings (SSSR count). The molecule has 0 saturated heterocycles. The zero-order valence-electron chi connectivity index (χ0n) is 13.6. The maximum absolute atomic E-state index is 11.9. The number of carbonyl (C=O) groups excluding carboxylic acids is 1. The Morgan fingerprint density at radius 1 is 1.38 bits per heavy atom. The minimum atomic E-state index is -0.197. The summed E-state index contributed by atoms with van der Waals surface area (Å²) in [5, 5.41) is 0. The molecule has 0 heterocycles. The van der Waals surface area contributed by atoms with Crippen molar-refractivity contribution in [1.29, 1.82) is 0 Å². The molecule has 0 spiro atoms. The molecule has 1 saturated carbocycles. The lowest BCUT2D eigenvalue weighted by Gasteiger charge is -2.26. The van der Waals surface area contributed by atoms with Crippen LogP contribution in [0.5, 0.6) is 0 Å². The van der Waals surface area contributed by atoms with E-state index in [2.05, 4.69) is 32.1 Å². The Balaban J connectivity index is 2.34. The van der Waals surface area contributed by atoms with Crippen molar-refractivity contribution >= 4 is 5.97 Å². The molecule has 116 valence electrons. The predicted octanol–water partition coefficient (Wildman–Crippen LogP) is 4.82. The summed E-state index contributed by atoms with van der Waals surface area (Å²) in [7, 11) is 0. The van der Waals surface area contributed by atoms with Gasteiger partial charge in [0.2, 0.25) is 0 Å². The van der Waals surface area contributed by atoms with E-state index in [1.54, 1.807) is 6.08 Å². The SMILES string of the molecule is CCCC1C(=C\C(=O)OCC)/C=C2/CCCC2/C=C\C1C. The van der Waals surface area contributed by atoms with Crippen LogP contribution in [0.1, 0.15) is 52.9 Å². The van der Waals surface area contributed by atoms with E-state index in [1.165, 1.54) is 30.4 Å². The van der Waals surface area contributed by atoms with Crippen LogP contribution in [0.2, 0.25) is 0 Å². The van der Waals surface area contributed by atoms with Gasteiger partial charge < -0.3 is 4.74 Å². The number of carbonyl (C=O) groups is 1. The van der Waals surface area contributed by atoms with E-state index in [-0.39, 0.29) is 5.97 Å². The van der Waals surface area contributed by atoms with Crippen LogP contribution in [-0.4, -0.2) is 12.6 Å². The van der Waals surface area contributed by atoms with Crippen LogP contribution >= 0.6 is 0 Å². The Morgan fingerprint density at radius 3 is 2.90 bits per heavy atom. The molecule has 0 aliphatic heterocycles. The maximum atomic E-state index is 11.9. The molecule has 3 unspecified atom stereocenters. The molecule has 0 aromatic heterocycles. The molecule has 0 radical (unpaired) electrons. The number of ether oxygens (including phenoxy) is 1. The number of rotatable bonds is 4. The fourth-order valence-corrected chi connectivity index (χ4v) is 3.57. The highest BCUT2D eigenvalue weighted by atomic mass is 16.5.